The molecule has 1 aliphatic heterocycles. The van der Waals surface area contributed by atoms with Gasteiger partial charge in [-0.1, -0.05) is 42.5 Å². The molecule has 3 rings (SSSR count). The fourth-order valence-corrected chi connectivity index (χ4v) is 3.77. The molecule has 0 atom stereocenters. The Morgan fingerprint density at radius 2 is 1.73 bits per heavy atom. The molecule has 138 valence electrons. The van der Waals surface area contributed by atoms with Crippen molar-refractivity contribution in [2.75, 3.05) is 37.0 Å². The number of amides is 1. The lowest BCUT2D eigenvalue weighted by Gasteiger charge is -2.28. The zero-order valence-corrected chi connectivity index (χ0v) is 15.8. The van der Waals surface area contributed by atoms with Gasteiger partial charge in [0, 0.05) is 43.2 Å². The Balaban J connectivity index is 1.33. The summed E-state index contributed by atoms with van der Waals surface area (Å²) < 4.78 is 5.38. The molecule has 1 heterocycles. The number of morpholine rings is 1. The number of ether oxygens (including phenoxy) is 1. The first kappa shape index (κ1) is 18.8. The normalized spacial score (nSPS) is 14.2. The Morgan fingerprint density at radius 1 is 1.00 bits per heavy atom. The zero-order chi connectivity index (χ0) is 18.0. The topological polar surface area (TPSA) is 41.6 Å². The Bertz CT molecular complexity index is 670. The lowest BCUT2D eigenvalue weighted by Crippen LogP contribution is -2.36. The molecule has 0 radical (unpaired) electrons. The summed E-state index contributed by atoms with van der Waals surface area (Å²) in [5, 5.41) is 3.01. The molecule has 0 unspecified atom stereocenters. The van der Waals surface area contributed by atoms with Crippen LogP contribution in [0.2, 0.25) is 0 Å². The van der Waals surface area contributed by atoms with Crippen molar-refractivity contribution < 1.29 is 9.53 Å². The standard InChI is InChI=1S/C21H26N2O2S/c24-21(10-15-26-17-19-4-2-1-3-5-19)22-16-18-6-8-20(9-7-18)23-11-13-25-14-12-23/h1-9H,10-17H2,(H,22,24). The van der Waals surface area contributed by atoms with Crippen LogP contribution in [0.25, 0.3) is 0 Å². The van der Waals surface area contributed by atoms with Gasteiger partial charge in [-0.2, -0.15) is 11.8 Å². The van der Waals surface area contributed by atoms with E-state index >= 15 is 0 Å². The number of hydrogen-bond acceptors (Lipinski definition) is 4. The highest BCUT2D eigenvalue weighted by atomic mass is 32.2. The third kappa shape index (κ3) is 6.07. The Kier molecular flexibility index (Phi) is 7.40. The van der Waals surface area contributed by atoms with Gasteiger partial charge in [-0.25, -0.2) is 0 Å². The maximum absolute atomic E-state index is 12.0. The molecule has 0 aliphatic carbocycles. The lowest BCUT2D eigenvalue weighted by atomic mass is 10.2. The molecular formula is C21H26N2O2S. The minimum atomic E-state index is 0.114. The molecule has 2 aromatic rings. The number of anilines is 1. The average molecular weight is 371 g/mol. The van der Waals surface area contributed by atoms with E-state index in [2.05, 4.69) is 46.6 Å². The molecule has 1 N–H and O–H groups in total. The van der Waals surface area contributed by atoms with Gasteiger partial charge >= 0.3 is 0 Å². The number of hydrogen-bond donors (Lipinski definition) is 1. The van der Waals surface area contributed by atoms with Crippen LogP contribution in [0.3, 0.4) is 0 Å². The van der Waals surface area contributed by atoms with Crippen molar-refractivity contribution in [1.29, 1.82) is 0 Å². The van der Waals surface area contributed by atoms with Crippen LogP contribution >= 0.6 is 11.8 Å². The second-order valence-electron chi connectivity index (χ2n) is 6.33. The van der Waals surface area contributed by atoms with Crippen LogP contribution in [0.1, 0.15) is 17.5 Å². The van der Waals surface area contributed by atoms with Gasteiger partial charge < -0.3 is 15.0 Å². The smallest absolute Gasteiger partial charge is 0.221 e. The molecular weight excluding hydrogens is 344 g/mol. The molecule has 0 bridgehead atoms. The van der Waals surface area contributed by atoms with E-state index in [4.69, 9.17) is 4.74 Å². The number of carbonyl (C=O) groups is 1. The number of rotatable bonds is 8. The molecule has 0 aromatic heterocycles. The summed E-state index contributed by atoms with van der Waals surface area (Å²) in [5.41, 5.74) is 3.66. The summed E-state index contributed by atoms with van der Waals surface area (Å²) in [5.74, 6) is 1.91. The minimum Gasteiger partial charge on any atom is -0.378 e. The lowest BCUT2D eigenvalue weighted by molar-refractivity contribution is -0.120. The molecule has 1 aliphatic rings. The highest BCUT2D eigenvalue weighted by molar-refractivity contribution is 7.98. The van der Waals surface area contributed by atoms with Crippen molar-refractivity contribution in [3.63, 3.8) is 0 Å². The summed E-state index contributed by atoms with van der Waals surface area (Å²) >= 11 is 1.80. The molecule has 4 nitrogen and oxygen atoms in total. The van der Waals surface area contributed by atoms with Gasteiger partial charge in [-0.15, -0.1) is 0 Å². The molecule has 1 saturated heterocycles. The Morgan fingerprint density at radius 3 is 2.46 bits per heavy atom. The first-order chi connectivity index (χ1) is 12.8. The van der Waals surface area contributed by atoms with Crippen LogP contribution in [0, 0.1) is 0 Å². The van der Waals surface area contributed by atoms with Crippen molar-refractivity contribution in [3.8, 4) is 0 Å². The van der Waals surface area contributed by atoms with Gasteiger partial charge in [0.1, 0.15) is 0 Å². The van der Waals surface area contributed by atoms with Crippen molar-refractivity contribution in [3.05, 3.63) is 65.7 Å². The van der Waals surface area contributed by atoms with E-state index in [1.165, 1.54) is 11.3 Å². The Hall–Kier alpha value is -1.98. The second kappa shape index (κ2) is 10.2. The maximum atomic E-state index is 12.0. The average Bonchev–Trinajstić information content (AvgIpc) is 2.71. The number of nitrogens with zero attached hydrogens (tertiary/aromatic N) is 1. The molecule has 0 saturated carbocycles. The third-order valence-electron chi connectivity index (χ3n) is 4.39. The number of benzene rings is 2. The van der Waals surface area contributed by atoms with Crippen LogP contribution < -0.4 is 10.2 Å². The van der Waals surface area contributed by atoms with E-state index in [-0.39, 0.29) is 5.91 Å². The zero-order valence-electron chi connectivity index (χ0n) is 15.0. The number of carbonyl (C=O) groups excluding carboxylic acids is 1. The van der Waals surface area contributed by atoms with Gasteiger partial charge in [0.05, 0.1) is 13.2 Å². The van der Waals surface area contributed by atoms with Crippen LogP contribution in [-0.4, -0.2) is 38.0 Å². The largest absolute Gasteiger partial charge is 0.378 e. The fourth-order valence-electron chi connectivity index (χ4n) is 2.86. The summed E-state index contributed by atoms with van der Waals surface area (Å²) in [6.07, 6.45) is 0.559. The molecule has 26 heavy (non-hydrogen) atoms. The van der Waals surface area contributed by atoms with Gasteiger partial charge in [-0.3, -0.25) is 4.79 Å². The SMILES string of the molecule is O=C(CCSCc1ccccc1)NCc1ccc(N2CCOCC2)cc1. The quantitative estimate of drug-likeness (QED) is 0.723. The van der Waals surface area contributed by atoms with Crippen LogP contribution in [-0.2, 0) is 21.8 Å². The van der Waals surface area contributed by atoms with Gasteiger partial charge in [-0.05, 0) is 23.3 Å². The number of nitrogens with one attached hydrogen (secondary N) is 1. The molecule has 1 fully saturated rings. The summed E-state index contributed by atoms with van der Waals surface area (Å²) in [6, 6.07) is 18.8. The highest BCUT2D eigenvalue weighted by Gasteiger charge is 2.10. The predicted octanol–water partition coefficient (Wildman–Crippen LogP) is 3.46. The van der Waals surface area contributed by atoms with E-state index < -0.39 is 0 Å². The van der Waals surface area contributed by atoms with E-state index in [0.29, 0.717) is 13.0 Å². The molecule has 0 spiro atoms. The third-order valence-corrected chi connectivity index (χ3v) is 5.42. The van der Waals surface area contributed by atoms with E-state index in [0.717, 1.165) is 43.4 Å². The monoisotopic (exact) mass is 370 g/mol. The first-order valence-electron chi connectivity index (χ1n) is 9.11. The van der Waals surface area contributed by atoms with E-state index in [9.17, 15) is 4.79 Å². The van der Waals surface area contributed by atoms with E-state index in [1.807, 2.05) is 18.2 Å². The first-order valence-corrected chi connectivity index (χ1v) is 10.3. The minimum absolute atomic E-state index is 0.114. The number of thioether (sulfide) groups is 1. The van der Waals surface area contributed by atoms with Gasteiger partial charge in [0.2, 0.25) is 5.91 Å². The van der Waals surface area contributed by atoms with E-state index in [1.54, 1.807) is 11.8 Å². The second-order valence-corrected chi connectivity index (χ2v) is 7.44. The molecule has 1 amide bonds. The fraction of sp³-hybridized carbons (Fsp3) is 0.381. The van der Waals surface area contributed by atoms with Crippen LogP contribution in [0.15, 0.2) is 54.6 Å². The van der Waals surface area contributed by atoms with Gasteiger partial charge in [0.25, 0.3) is 0 Å². The van der Waals surface area contributed by atoms with Crippen molar-refractivity contribution >= 4 is 23.4 Å². The Labute approximate surface area is 159 Å². The molecule has 2 aromatic carbocycles. The highest BCUT2D eigenvalue weighted by Crippen LogP contribution is 2.17. The maximum Gasteiger partial charge on any atom is 0.221 e. The summed E-state index contributed by atoms with van der Waals surface area (Å²) in [7, 11) is 0. The van der Waals surface area contributed by atoms with Crippen LogP contribution in [0.4, 0.5) is 5.69 Å². The summed E-state index contributed by atoms with van der Waals surface area (Å²) in [6.45, 7) is 4.05. The van der Waals surface area contributed by atoms with Crippen LogP contribution in [0.5, 0.6) is 0 Å². The van der Waals surface area contributed by atoms with Crippen molar-refractivity contribution in [1.82, 2.24) is 5.32 Å². The van der Waals surface area contributed by atoms with Crippen molar-refractivity contribution in [2.45, 2.75) is 18.7 Å². The van der Waals surface area contributed by atoms with Gasteiger partial charge in [0.15, 0.2) is 0 Å². The predicted molar refractivity (Wildman–Crippen MR) is 109 cm³/mol. The molecule has 5 heteroatoms. The van der Waals surface area contributed by atoms with Crippen molar-refractivity contribution in [2.24, 2.45) is 0 Å². The summed E-state index contributed by atoms with van der Waals surface area (Å²) in [4.78, 5) is 14.3.